The average Bonchev–Trinajstić information content (AvgIpc) is 3.38. The maximum atomic E-state index is 10.4. The Hall–Kier alpha value is -1.84. The van der Waals surface area contributed by atoms with Crippen LogP contribution >= 0.6 is 0 Å². The van der Waals surface area contributed by atoms with E-state index < -0.39 is 6.10 Å². The molecule has 1 fully saturated rings. The van der Waals surface area contributed by atoms with Crippen LogP contribution in [0.3, 0.4) is 0 Å². The van der Waals surface area contributed by atoms with Gasteiger partial charge < -0.3 is 9.84 Å². The van der Waals surface area contributed by atoms with Gasteiger partial charge >= 0.3 is 0 Å². The third-order valence-corrected chi connectivity index (χ3v) is 4.50. The van der Waals surface area contributed by atoms with Crippen molar-refractivity contribution in [2.75, 3.05) is 13.2 Å². The molecule has 0 heterocycles. The lowest BCUT2D eigenvalue weighted by molar-refractivity contribution is 0.0624. The van der Waals surface area contributed by atoms with Crippen LogP contribution in [-0.4, -0.2) is 35.3 Å². The summed E-state index contributed by atoms with van der Waals surface area (Å²) in [7, 11) is 0. The molecule has 0 bridgehead atoms. The molecule has 2 aromatic carbocycles. The van der Waals surface area contributed by atoms with E-state index in [1.165, 1.54) is 24.0 Å². The molecule has 0 aliphatic heterocycles. The van der Waals surface area contributed by atoms with Crippen LogP contribution in [0.1, 0.15) is 29.5 Å². The Kier molecular flexibility index (Phi) is 5.54. The molecule has 24 heavy (non-hydrogen) atoms. The van der Waals surface area contributed by atoms with E-state index in [2.05, 4.69) is 36.1 Å². The molecule has 1 N–H and O–H groups in total. The monoisotopic (exact) mass is 325 g/mol. The highest BCUT2D eigenvalue weighted by Gasteiger charge is 2.30. The van der Waals surface area contributed by atoms with Crippen LogP contribution in [0.5, 0.6) is 5.75 Å². The third-order valence-electron chi connectivity index (χ3n) is 4.50. The van der Waals surface area contributed by atoms with Gasteiger partial charge in [-0.3, -0.25) is 4.90 Å². The highest BCUT2D eigenvalue weighted by atomic mass is 16.5. The predicted octanol–water partition coefficient (Wildman–Crippen LogP) is 3.71. The molecule has 1 aliphatic rings. The first-order valence-electron chi connectivity index (χ1n) is 8.78. The lowest BCUT2D eigenvalue weighted by Gasteiger charge is -2.25. The van der Waals surface area contributed by atoms with Crippen molar-refractivity contribution in [3.8, 4) is 5.75 Å². The third kappa shape index (κ3) is 4.83. The molecule has 1 saturated carbocycles. The van der Waals surface area contributed by atoms with Crippen LogP contribution < -0.4 is 4.74 Å². The minimum absolute atomic E-state index is 0.335. The van der Waals surface area contributed by atoms with E-state index in [4.69, 9.17) is 4.74 Å². The number of aliphatic hydroxyl groups is 1. The highest BCUT2D eigenvalue weighted by Crippen LogP contribution is 2.28. The lowest BCUT2D eigenvalue weighted by Crippen LogP contribution is -2.36. The standard InChI is InChI=1S/C21H27NO2/c1-16-6-5-8-18(12-16)13-22(19-10-11-19)14-20(23)15-24-21-9-4-3-7-17(21)2/h3-9,12,19-20,23H,10-11,13-15H2,1-2H3/t20-/m0/s1. The largest absolute Gasteiger partial charge is 0.491 e. The van der Waals surface area contributed by atoms with Crippen molar-refractivity contribution in [1.29, 1.82) is 0 Å². The molecule has 128 valence electrons. The number of hydrogen-bond donors (Lipinski definition) is 1. The van der Waals surface area contributed by atoms with Gasteiger partial charge in [0, 0.05) is 19.1 Å². The zero-order chi connectivity index (χ0) is 16.9. The number of benzene rings is 2. The van der Waals surface area contributed by atoms with Crippen LogP contribution in [0.4, 0.5) is 0 Å². The number of nitrogens with zero attached hydrogens (tertiary/aromatic N) is 1. The molecule has 3 nitrogen and oxygen atoms in total. The smallest absolute Gasteiger partial charge is 0.122 e. The Bertz CT molecular complexity index is 666. The van der Waals surface area contributed by atoms with Crippen molar-refractivity contribution in [3.05, 3.63) is 65.2 Å². The second-order valence-corrected chi connectivity index (χ2v) is 6.88. The van der Waals surface area contributed by atoms with Crippen molar-refractivity contribution in [2.24, 2.45) is 0 Å². The van der Waals surface area contributed by atoms with E-state index in [1.807, 2.05) is 31.2 Å². The summed E-state index contributed by atoms with van der Waals surface area (Å²) >= 11 is 0. The molecule has 0 saturated heterocycles. The number of para-hydroxylation sites is 1. The number of ether oxygens (including phenoxy) is 1. The summed E-state index contributed by atoms with van der Waals surface area (Å²) in [5.41, 5.74) is 3.70. The predicted molar refractivity (Wildman–Crippen MR) is 97.3 cm³/mol. The summed E-state index contributed by atoms with van der Waals surface area (Å²) in [5, 5.41) is 10.4. The van der Waals surface area contributed by atoms with Gasteiger partial charge in [-0.1, -0.05) is 48.0 Å². The summed E-state index contributed by atoms with van der Waals surface area (Å²) in [6.07, 6.45) is 1.99. The van der Waals surface area contributed by atoms with Crippen molar-refractivity contribution in [3.63, 3.8) is 0 Å². The van der Waals surface area contributed by atoms with E-state index in [9.17, 15) is 5.11 Å². The van der Waals surface area contributed by atoms with Crippen molar-refractivity contribution in [2.45, 2.75) is 45.4 Å². The van der Waals surface area contributed by atoms with E-state index >= 15 is 0 Å². The molecule has 0 spiro atoms. The quantitative estimate of drug-likeness (QED) is 0.803. The molecular weight excluding hydrogens is 298 g/mol. The van der Waals surface area contributed by atoms with Crippen LogP contribution in [-0.2, 0) is 6.54 Å². The molecule has 0 amide bonds. The molecule has 2 aromatic rings. The molecule has 3 heteroatoms. The summed E-state index contributed by atoms with van der Waals surface area (Å²) in [6, 6.07) is 17.2. The number of rotatable bonds is 8. The first-order chi connectivity index (χ1) is 11.6. The fourth-order valence-electron chi connectivity index (χ4n) is 3.06. The molecule has 3 rings (SSSR count). The zero-order valence-corrected chi connectivity index (χ0v) is 14.6. The van der Waals surface area contributed by atoms with Gasteiger partial charge in [0.25, 0.3) is 0 Å². The Labute approximate surface area is 144 Å². The number of aryl methyl sites for hydroxylation is 2. The summed E-state index contributed by atoms with van der Waals surface area (Å²) in [5.74, 6) is 0.855. The van der Waals surface area contributed by atoms with Gasteiger partial charge in [-0.25, -0.2) is 0 Å². The summed E-state index contributed by atoms with van der Waals surface area (Å²) < 4.78 is 5.79. The van der Waals surface area contributed by atoms with Crippen molar-refractivity contribution >= 4 is 0 Å². The van der Waals surface area contributed by atoms with Crippen LogP contribution in [0.15, 0.2) is 48.5 Å². The van der Waals surface area contributed by atoms with E-state index in [1.54, 1.807) is 0 Å². The van der Waals surface area contributed by atoms with Crippen molar-refractivity contribution in [1.82, 2.24) is 4.90 Å². The molecule has 0 aromatic heterocycles. The fourth-order valence-corrected chi connectivity index (χ4v) is 3.06. The lowest BCUT2D eigenvalue weighted by atomic mass is 10.1. The van der Waals surface area contributed by atoms with Gasteiger partial charge in [0.2, 0.25) is 0 Å². The number of hydrogen-bond acceptors (Lipinski definition) is 3. The van der Waals surface area contributed by atoms with Crippen LogP contribution in [0.25, 0.3) is 0 Å². The Balaban J connectivity index is 1.54. The molecular formula is C21H27NO2. The van der Waals surface area contributed by atoms with E-state index in [0.717, 1.165) is 17.9 Å². The topological polar surface area (TPSA) is 32.7 Å². The molecule has 0 unspecified atom stereocenters. The minimum Gasteiger partial charge on any atom is -0.491 e. The molecule has 1 atom stereocenters. The molecule has 0 radical (unpaired) electrons. The first kappa shape index (κ1) is 17.0. The Morgan fingerprint density at radius 2 is 1.92 bits per heavy atom. The Morgan fingerprint density at radius 1 is 1.12 bits per heavy atom. The van der Waals surface area contributed by atoms with Crippen LogP contribution in [0.2, 0.25) is 0 Å². The average molecular weight is 325 g/mol. The fraction of sp³-hybridized carbons (Fsp3) is 0.429. The van der Waals surface area contributed by atoms with Gasteiger partial charge in [0.15, 0.2) is 0 Å². The minimum atomic E-state index is -0.477. The maximum Gasteiger partial charge on any atom is 0.122 e. The normalized spacial score (nSPS) is 15.5. The van der Waals surface area contributed by atoms with Gasteiger partial charge in [0.05, 0.1) is 0 Å². The molecule has 1 aliphatic carbocycles. The Morgan fingerprint density at radius 3 is 2.62 bits per heavy atom. The summed E-state index contributed by atoms with van der Waals surface area (Å²) in [4.78, 5) is 2.39. The van der Waals surface area contributed by atoms with Crippen LogP contribution in [0, 0.1) is 13.8 Å². The van der Waals surface area contributed by atoms with E-state index in [-0.39, 0.29) is 0 Å². The van der Waals surface area contributed by atoms with E-state index in [0.29, 0.717) is 19.2 Å². The highest BCUT2D eigenvalue weighted by molar-refractivity contribution is 5.31. The second kappa shape index (κ2) is 7.82. The zero-order valence-electron chi connectivity index (χ0n) is 14.6. The maximum absolute atomic E-state index is 10.4. The van der Waals surface area contributed by atoms with Gasteiger partial charge in [0.1, 0.15) is 18.5 Å². The SMILES string of the molecule is Cc1cccc(CN(C[C@H](O)COc2ccccc2C)C2CC2)c1. The second-order valence-electron chi connectivity index (χ2n) is 6.88. The summed E-state index contributed by atoms with van der Waals surface area (Å²) in [6.45, 7) is 6.03. The first-order valence-corrected chi connectivity index (χ1v) is 8.78. The van der Waals surface area contributed by atoms with Gasteiger partial charge in [-0.2, -0.15) is 0 Å². The van der Waals surface area contributed by atoms with Crippen molar-refractivity contribution < 1.29 is 9.84 Å². The number of aliphatic hydroxyl groups excluding tert-OH is 1. The van der Waals surface area contributed by atoms with Gasteiger partial charge in [-0.15, -0.1) is 0 Å². The van der Waals surface area contributed by atoms with Gasteiger partial charge in [-0.05, 0) is 43.9 Å².